The number of hydrogen-bond donors (Lipinski definition) is 1. The number of hydrogen-bond acceptors (Lipinski definition) is 2. The number of aryl methyl sites for hydroxylation is 1. The van der Waals surface area contributed by atoms with Crippen LogP contribution in [0, 0.1) is 0 Å². The third-order valence-corrected chi connectivity index (χ3v) is 3.75. The normalized spacial score (nSPS) is 15.1. The van der Waals surface area contributed by atoms with Gasteiger partial charge in [0.25, 0.3) is 0 Å². The van der Waals surface area contributed by atoms with E-state index in [1.54, 1.807) is 11.3 Å². The van der Waals surface area contributed by atoms with Gasteiger partial charge in [-0.05, 0) is 37.6 Å². The van der Waals surface area contributed by atoms with Gasteiger partial charge in [-0.25, -0.2) is 0 Å². The zero-order valence-electron chi connectivity index (χ0n) is 9.83. The minimum Gasteiger partial charge on any atom is -0.390 e. The highest BCUT2D eigenvalue weighted by Crippen LogP contribution is 2.22. The Bertz CT molecular complexity index is 252. The lowest BCUT2D eigenvalue weighted by Gasteiger charge is -2.22. The van der Waals surface area contributed by atoms with Crippen molar-refractivity contribution in [3.8, 4) is 0 Å². The van der Waals surface area contributed by atoms with Gasteiger partial charge in [-0.3, -0.25) is 0 Å². The van der Waals surface area contributed by atoms with Crippen LogP contribution in [0.15, 0.2) is 17.5 Å². The molecule has 0 aliphatic carbocycles. The highest BCUT2D eigenvalue weighted by atomic mass is 32.1. The maximum atomic E-state index is 10.1. The predicted molar refractivity (Wildman–Crippen MR) is 67.4 cm³/mol. The fourth-order valence-corrected chi connectivity index (χ4v) is 2.44. The number of thiophene rings is 1. The average Bonchev–Trinajstić information content (AvgIpc) is 2.68. The molecule has 0 radical (unpaired) electrons. The molecule has 0 aromatic carbocycles. The fourth-order valence-electron chi connectivity index (χ4n) is 1.73. The molecular weight excluding hydrogens is 204 g/mol. The van der Waals surface area contributed by atoms with E-state index in [9.17, 15) is 5.11 Å². The first-order valence-corrected chi connectivity index (χ1v) is 6.77. The first-order chi connectivity index (χ1) is 7.14. The van der Waals surface area contributed by atoms with Crippen LogP contribution < -0.4 is 0 Å². The third-order valence-electron chi connectivity index (χ3n) is 2.81. The van der Waals surface area contributed by atoms with Crippen molar-refractivity contribution in [1.82, 2.24) is 0 Å². The quantitative estimate of drug-likeness (QED) is 0.696. The van der Waals surface area contributed by atoms with Crippen molar-refractivity contribution in [3.05, 3.63) is 22.4 Å². The summed E-state index contributed by atoms with van der Waals surface area (Å²) in [6.45, 7) is 4.16. The van der Waals surface area contributed by atoms with Crippen molar-refractivity contribution in [2.24, 2.45) is 0 Å². The second-order valence-electron chi connectivity index (χ2n) is 4.53. The molecule has 0 spiro atoms. The van der Waals surface area contributed by atoms with Crippen LogP contribution in [0.4, 0.5) is 0 Å². The van der Waals surface area contributed by atoms with Gasteiger partial charge in [0.1, 0.15) is 0 Å². The first-order valence-electron chi connectivity index (χ1n) is 5.89. The molecule has 1 nitrogen and oxygen atoms in total. The van der Waals surface area contributed by atoms with Gasteiger partial charge in [0.2, 0.25) is 0 Å². The van der Waals surface area contributed by atoms with E-state index >= 15 is 0 Å². The maximum absolute atomic E-state index is 10.1. The molecule has 2 heteroatoms. The maximum Gasteiger partial charge on any atom is 0.0623 e. The van der Waals surface area contributed by atoms with Crippen molar-refractivity contribution < 1.29 is 5.11 Å². The average molecular weight is 226 g/mol. The molecule has 1 atom stereocenters. The van der Waals surface area contributed by atoms with Crippen molar-refractivity contribution >= 4 is 11.3 Å². The summed E-state index contributed by atoms with van der Waals surface area (Å²) in [6.07, 6.45) is 6.43. The Kier molecular flexibility index (Phi) is 5.34. The fraction of sp³-hybridized carbons (Fsp3) is 0.692. The highest BCUT2D eigenvalue weighted by Gasteiger charge is 2.19. The van der Waals surface area contributed by atoms with Crippen LogP contribution in [-0.4, -0.2) is 10.7 Å². The molecule has 1 N–H and O–H groups in total. The van der Waals surface area contributed by atoms with Gasteiger partial charge in [0.05, 0.1) is 5.60 Å². The summed E-state index contributed by atoms with van der Waals surface area (Å²) >= 11 is 1.78. The Morgan fingerprint density at radius 2 is 2.13 bits per heavy atom. The van der Waals surface area contributed by atoms with Crippen LogP contribution in [0.5, 0.6) is 0 Å². The second-order valence-corrected chi connectivity index (χ2v) is 5.57. The van der Waals surface area contributed by atoms with Crippen LogP contribution >= 0.6 is 11.3 Å². The lowest BCUT2D eigenvalue weighted by molar-refractivity contribution is 0.0399. The highest BCUT2D eigenvalue weighted by molar-refractivity contribution is 7.09. The van der Waals surface area contributed by atoms with Gasteiger partial charge >= 0.3 is 0 Å². The van der Waals surface area contributed by atoms with E-state index in [1.807, 2.05) is 6.92 Å². The van der Waals surface area contributed by atoms with Crippen LogP contribution in [0.3, 0.4) is 0 Å². The first kappa shape index (κ1) is 12.7. The van der Waals surface area contributed by atoms with Crippen molar-refractivity contribution in [1.29, 1.82) is 0 Å². The Morgan fingerprint density at radius 1 is 1.33 bits per heavy atom. The smallest absolute Gasteiger partial charge is 0.0623 e. The molecule has 0 amide bonds. The van der Waals surface area contributed by atoms with Crippen LogP contribution in [-0.2, 0) is 6.42 Å². The topological polar surface area (TPSA) is 20.2 Å². The second kappa shape index (κ2) is 6.29. The van der Waals surface area contributed by atoms with E-state index in [4.69, 9.17) is 0 Å². The summed E-state index contributed by atoms with van der Waals surface area (Å²) in [5.41, 5.74) is -0.473. The van der Waals surface area contributed by atoms with Crippen LogP contribution in [0.1, 0.15) is 50.8 Å². The molecule has 1 aromatic rings. The van der Waals surface area contributed by atoms with Gasteiger partial charge in [-0.1, -0.05) is 32.3 Å². The molecule has 0 fully saturated rings. The molecule has 0 saturated heterocycles. The van der Waals surface area contributed by atoms with Gasteiger partial charge in [0.15, 0.2) is 0 Å². The molecule has 1 rings (SSSR count). The zero-order chi connectivity index (χ0) is 11.1. The van der Waals surface area contributed by atoms with Crippen LogP contribution in [0.25, 0.3) is 0 Å². The van der Waals surface area contributed by atoms with E-state index in [0.717, 1.165) is 25.7 Å². The minimum absolute atomic E-state index is 0.473. The number of rotatable bonds is 7. The third kappa shape index (κ3) is 5.33. The Balaban J connectivity index is 2.23. The molecule has 86 valence electrons. The largest absolute Gasteiger partial charge is 0.390 e. The van der Waals surface area contributed by atoms with Gasteiger partial charge in [-0.2, -0.15) is 0 Å². The molecule has 0 aliphatic heterocycles. The number of unbranched alkanes of at least 4 members (excludes halogenated alkanes) is 2. The van der Waals surface area contributed by atoms with E-state index < -0.39 is 5.60 Å². The summed E-state index contributed by atoms with van der Waals surface area (Å²) in [5, 5.41) is 12.2. The zero-order valence-corrected chi connectivity index (χ0v) is 10.6. The Labute approximate surface area is 97.2 Å². The molecular formula is C13H22OS. The van der Waals surface area contributed by atoms with E-state index in [-0.39, 0.29) is 0 Å². The van der Waals surface area contributed by atoms with Gasteiger partial charge < -0.3 is 5.11 Å². The standard InChI is InChI=1S/C13H22OS/c1-3-4-5-9-13(2,14)10-8-12-7-6-11-15-12/h6-7,11,14H,3-5,8-10H2,1-2H3. The lowest BCUT2D eigenvalue weighted by Crippen LogP contribution is -2.24. The van der Waals surface area contributed by atoms with Gasteiger partial charge in [0, 0.05) is 4.88 Å². The van der Waals surface area contributed by atoms with Crippen molar-refractivity contribution in [2.75, 3.05) is 0 Å². The predicted octanol–water partition coefficient (Wildman–Crippen LogP) is 4.01. The van der Waals surface area contributed by atoms with Crippen LogP contribution in [0.2, 0.25) is 0 Å². The summed E-state index contributed by atoms with van der Waals surface area (Å²) < 4.78 is 0. The monoisotopic (exact) mass is 226 g/mol. The molecule has 0 bridgehead atoms. The summed E-state index contributed by atoms with van der Waals surface area (Å²) in [5.74, 6) is 0. The summed E-state index contributed by atoms with van der Waals surface area (Å²) in [4.78, 5) is 1.38. The van der Waals surface area contributed by atoms with Crippen molar-refractivity contribution in [3.63, 3.8) is 0 Å². The van der Waals surface area contributed by atoms with E-state index in [1.165, 1.54) is 17.7 Å². The molecule has 1 unspecified atom stereocenters. The van der Waals surface area contributed by atoms with Crippen molar-refractivity contribution in [2.45, 2.75) is 58.0 Å². The molecule has 15 heavy (non-hydrogen) atoms. The number of aliphatic hydroxyl groups is 1. The lowest BCUT2D eigenvalue weighted by atomic mass is 9.93. The Hall–Kier alpha value is -0.340. The van der Waals surface area contributed by atoms with E-state index in [0.29, 0.717) is 0 Å². The van der Waals surface area contributed by atoms with E-state index in [2.05, 4.69) is 24.4 Å². The molecule has 0 saturated carbocycles. The minimum atomic E-state index is -0.473. The molecule has 1 aromatic heterocycles. The molecule has 1 heterocycles. The summed E-state index contributed by atoms with van der Waals surface area (Å²) in [7, 11) is 0. The SMILES string of the molecule is CCCCCC(C)(O)CCc1cccs1. The van der Waals surface area contributed by atoms with Gasteiger partial charge in [-0.15, -0.1) is 11.3 Å². The molecule has 0 aliphatic rings. The summed E-state index contributed by atoms with van der Waals surface area (Å²) in [6, 6.07) is 4.22. The Morgan fingerprint density at radius 3 is 2.73 bits per heavy atom.